The molecule has 0 spiro atoms. The molecule has 1 aliphatic rings. The summed E-state index contributed by atoms with van der Waals surface area (Å²) in [7, 11) is -1.76. The molecule has 4 heteroatoms. The van der Waals surface area contributed by atoms with E-state index in [1.54, 1.807) is 0 Å². The molecule has 0 amide bonds. The van der Waals surface area contributed by atoms with Gasteiger partial charge >= 0.3 is 5.97 Å². The molecule has 1 unspecified atom stereocenters. The molecular weight excluding hydrogens is 268 g/mol. The Morgan fingerprint density at radius 2 is 1.95 bits per heavy atom. The fourth-order valence-corrected chi connectivity index (χ4v) is 4.00. The molecule has 0 heterocycles. The number of esters is 1. The second-order valence-corrected chi connectivity index (χ2v) is 12.6. The SMILES string of the molecule is CCOC(=O)[C@]1(C)CCCC(O[Si](C)(C)C(C)(C)C)C1. The van der Waals surface area contributed by atoms with Crippen LogP contribution in [0.1, 0.15) is 60.3 Å². The van der Waals surface area contributed by atoms with Crippen LogP contribution in [0.3, 0.4) is 0 Å². The van der Waals surface area contributed by atoms with Gasteiger partial charge in [0.25, 0.3) is 0 Å². The lowest BCUT2D eigenvalue weighted by Gasteiger charge is -2.43. The first-order valence-electron chi connectivity index (χ1n) is 7.87. The van der Waals surface area contributed by atoms with E-state index in [2.05, 4.69) is 33.9 Å². The Labute approximate surface area is 125 Å². The normalized spacial score (nSPS) is 28.2. The lowest BCUT2D eigenvalue weighted by molar-refractivity contribution is -0.158. The molecule has 0 bridgehead atoms. The molecule has 3 nitrogen and oxygen atoms in total. The summed E-state index contributed by atoms with van der Waals surface area (Å²) < 4.78 is 11.7. The standard InChI is InChI=1S/C16H32O3Si/c1-8-18-14(17)16(5)11-9-10-13(12-16)19-20(6,7)15(2,3)4/h13H,8-12H2,1-7H3/t13?,16-/m1/s1. The maximum absolute atomic E-state index is 12.2. The van der Waals surface area contributed by atoms with Gasteiger partial charge in [0.2, 0.25) is 0 Å². The number of rotatable bonds is 4. The predicted octanol–water partition coefficient (Wildman–Crippen LogP) is 4.52. The number of carbonyl (C=O) groups excluding carboxylic acids is 1. The summed E-state index contributed by atoms with van der Waals surface area (Å²) in [6.45, 7) is 15.7. The highest BCUT2D eigenvalue weighted by atomic mass is 28.4. The quantitative estimate of drug-likeness (QED) is 0.565. The number of hydrogen-bond donors (Lipinski definition) is 0. The summed E-state index contributed by atoms with van der Waals surface area (Å²) in [5.74, 6) is -0.0523. The van der Waals surface area contributed by atoms with Crippen LogP contribution in [-0.4, -0.2) is 27.0 Å². The smallest absolute Gasteiger partial charge is 0.311 e. The molecule has 0 N–H and O–H groups in total. The summed E-state index contributed by atoms with van der Waals surface area (Å²) in [4.78, 5) is 12.2. The minimum absolute atomic E-state index is 0.0523. The Bertz CT molecular complexity index is 346. The maximum atomic E-state index is 12.2. The first-order chi connectivity index (χ1) is 9.02. The highest BCUT2D eigenvalue weighted by molar-refractivity contribution is 6.74. The van der Waals surface area contributed by atoms with Gasteiger partial charge in [-0.15, -0.1) is 0 Å². The first-order valence-corrected chi connectivity index (χ1v) is 10.8. The number of hydrogen-bond acceptors (Lipinski definition) is 3. The fourth-order valence-electron chi connectivity index (χ4n) is 2.61. The summed E-state index contributed by atoms with van der Waals surface area (Å²) in [6, 6.07) is 0. The summed E-state index contributed by atoms with van der Waals surface area (Å²) in [5, 5.41) is 0.213. The topological polar surface area (TPSA) is 35.5 Å². The van der Waals surface area contributed by atoms with Gasteiger partial charge in [-0.3, -0.25) is 4.79 Å². The Morgan fingerprint density at radius 1 is 1.35 bits per heavy atom. The van der Waals surface area contributed by atoms with E-state index < -0.39 is 8.32 Å². The highest BCUT2D eigenvalue weighted by Gasteiger charge is 2.44. The second kappa shape index (κ2) is 6.18. The van der Waals surface area contributed by atoms with E-state index in [-0.39, 0.29) is 22.5 Å². The van der Waals surface area contributed by atoms with Gasteiger partial charge in [0.15, 0.2) is 8.32 Å². The molecule has 0 saturated heterocycles. The van der Waals surface area contributed by atoms with Crippen LogP contribution in [0, 0.1) is 5.41 Å². The second-order valence-electron chi connectivity index (χ2n) is 7.88. The van der Waals surface area contributed by atoms with E-state index in [1.165, 1.54) is 0 Å². The van der Waals surface area contributed by atoms with Crippen LogP contribution in [0.25, 0.3) is 0 Å². The Balaban J connectivity index is 2.73. The van der Waals surface area contributed by atoms with Crippen molar-refractivity contribution in [3.63, 3.8) is 0 Å². The van der Waals surface area contributed by atoms with Crippen molar-refractivity contribution >= 4 is 14.3 Å². The molecule has 1 aliphatic carbocycles. The molecule has 0 aromatic rings. The molecule has 20 heavy (non-hydrogen) atoms. The molecule has 118 valence electrons. The first kappa shape index (κ1) is 17.7. The number of ether oxygens (including phenoxy) is 1. The zero-order chi connectivity index (χ0) is 15.6. The summed E-state index contributed by atoms with van der Waals surface area (Å²) in [5.41, 5.74) is -0.360. The van der Waals surface area contributed by atoms with Crippen LogP contribution in [0.15, 0.2) is 0 Å². The van der Waals surface area contributed by atoms with Crippen molar-refractivity contribution in [3.05, 3.63) is 0 Å². The van der Waals surface area contributed by atoms with Gasteiger partial charge in [-0.1, -0.05) is 20.8 Å². The van der Waals surface area contributed by atoms with Crippen molar-refractivity contribution < 1.29 is 14.0 Å². The zero-order valence-corrected chi connectivity index (χ0v) is 15.3. The maximum Gasteiger partial charge on any atom is 0.311 e. The molecule has 1 rings (SSSR count). The third-order valence-corrected chi connectivity index (χ3v) is 9.50. The average molecular weight is 301 g/mol. The van der Waals surface area contributed by atoms with Gasteiger partial charge in [-0.2, -0.15) is 0 Å². The van der Waals surface area contributed by atoms with Crippen LogP contribution in [-0.2, 0) is 14.0 Å². The molecule has 1 saturated carbocycles. The van der Waals surface area contributed by atoms with Crippen LogP contribution in [0.5, 0.6) is 0 Å². The van der Waals surface area contributed by atoms with Gasteiger partial charge in [0.05, 0.1) is 12.0 Å². The highest BCUT2D eigenvalue weighted by Crippen LogP contribution is 2.43. The van der Waals surface area contributed by atoms with Gasteiger partial charge in [-0.05, 0) is 57.7 Å². The Kier molecular flexibility index (Phi) is 5.47. The van der Waals surface area contributed by atoms with Crippen molar-refractivity contribution in [3.8, 4) is 0 Å². The molecule has 0 aliphatic heterocycles. The van der Waals surface area contributed by atoms with E-state index in [1.807, 2.05) is 13.8 Å². The third-order valence-electron chi connectivity index (χ3n) is 4.97. The van der Waals surface area contributed by atoms with E-state index in [0.29, 0.717) is 6.61 Å². The minimum atomic E-state index is -1.76. The van der Waals surface area contributed by atoms with Gasteiger partial charge in [-0.25, -0.2) is 0 Å². The minimum Gasteiger partial charge on any atom is -0.466 e. The average Bonchev–Trinajstić information content (AvgIpc) is 2.27. The van der Waals surface area contributed by atoms with E-state index in [9.17, 15) is 4.79 Å². The zero-order valence-electron chi connectivity index (χ0n) is 14.3. The van der Waals surface area contributed by atoms with Crippen molar-refractivity contribution in [2.45, 2.75) is 84.5 Å². The Hall–Kier alpha value is -0.353. The van der Waals surface area contributed by atoms with Crippen LogP contribution >= 0.6 is 0 Å². The molecule has 2 atom stereocenters. The van der Waals surface area contributed by atoms with Crippen molar-refractivity contribution in [1.29, 1.82) is 0 Å². The van der Waals surface area contributed by atoms with Crippen LogP contribution in [0.2, 0.25) is 18.1 Å². The monoisotopic (exact) mass is 300 g/mol. The largest absolute Gasteiger partial charge is 0.466 e. The van der Waals surface area contributed by atoms with Gasteiger partial charge in [0.1, 0.15) is 0 Å². The molecular formula is C16H32O3Si. The van der Waals surface area contributed by atoms with Gasteiger partial charge < -0.3 is 9.16 Å². The molecule has 0 aromatic carbocycles. The lowest BCUT2D eigenvalue weighted by atomic mass is 9.74. The lowest BCUT2D eigenvalue weighted by Crippen LogP contribution is -2.47. The fraction of sp³-hybridized carbons (Fsp3) is 0.938. The van der Waals surface area contributed by atoms with Crippen molar-refractivity contribution in [2.24, 2.45) is 5.41 Å². The predicted molar refractivity (Wildman–Crippen MR) is 85.3 cm³/mol. The summed E-state index contributed by atoms with van der Waals surface area (Å²) >= 11 is 0. The van der Waals surface area contributed by atoms with E-state index in [0.717, 1.165) is 25.7 Å². The van der Waals surface area contributed by atoms with Crippen LogP contribution < -0.4 is 0 Å². The van der Waals surface area contributed by atoms with Crippen molar-refractivity contribution in [1.82, 2.24) is 0 Å². The summed E-state index contributed by atoms with van der Waals surface area (Å²) in [6.07, 6.45) is 4.05. The molecule has 0 aromatic heterocycles. The molecule has 0 radical (unpaired) electrons. The third kappa shape index (κ3) is 4.07. The van der Waals surface area contributed by atoms with Crippen molar-refractivity contribution in [2.75, 3.05) is 6.61 Å². The van der Waals surface area contributed by atoms with Crippen LogP contribution in [0.4, 0.5) is 0 Å². The number of carbonyl (C=O) groups is 1. The molecule has 1 fully saturated rings. The van der Waals surface area contributed by atoms with E-state index in [4.69, 9.17) is 9.16 Å². The Morgan fingerprint density at radius 3 is 2.45 bits per heavy atom. The van der Waals surface area contributed by atoms with Gasteiger partial charge in [0, 0.05) is 6.10 Å². The van der Waals surface area contributed by atoms with E-state index >= 15 is 0 Å².